The number of nitrogens with one attached hydrogen (secondary N) is 1. The molecule has 1 rings (SSSR count). The number of carbonyl (C=O) groups excluding carboxylic acids is 1. The topological polar surface area (TPSA) is 105 Å². The largest absolute Gasteiger partial charge is 0.497 e. The number of rotatable bonds is 7. The number of carboxylic acid groups (broad SMARTS) is 1. The highest BCUT2D eigenvalue weighted by atomic mass is 16.5. The van der Waals surface area contributed by atoms with Gasteiger partial charge in [0.25, 0.3) is 5.91 Å². The first-order chi connectivity index (χ1) is 9.51. The Bertz CT molecular complexity index is 488. The fourth-order valence-corrected chi connectivity index (χ4v) is 1.58. The van der Waals surface area contributed by atoms with Crippen LogP contribution in [0.5, 0.6) is 5.75 Å². The Labute approximate surface area is 116 Å². The van der Waals surface area contributed by atoms with E-state index in [0.29, 0.717) is 0 Å². The number of aromatic carboxylic acids is 1. The maximum absolute atomic E-state index is 12.0. The Hall–Kier alpha value is -2.12. The van der Waals surface area contributed by atoms with Gasteiger partial charge in [-0.3, -0.25) is 4.79 Å². The molecule has 0 bridgehead atoms. The van der Waals surface area contributed by atoms with Gasteiger partial charge in [-0.25, -0.2) is 4.79 Å². The number of carbonyl (C=O) groups is 2. The molecule has 0 radical (unpaired) electrons. The van der Waals surface area contributed by atoms with Crippen molar-refractivity contribution in [2.75, 3.05) is 27.4 Å². The molecule has 0 aliphatic heterocycles. The quantitative estimate of drug-likeness (QED) is 0.657. The van der Waals surface area contributed by atoms with Crippen molar-refractivity contribution in [3.05, 3.63) is 29.3 Å². The van der Waals surface area contributed by atoms with Gasteiger partial charge in [-0.1, -0.05) is 0 Å². The zero-order valence-corrected chi connectivity index (χ0v) is 11.3. The highest BCUT2D eigenvalue weighted by molar-refractivity contribution is 5.98. The van der Waals surface area contributed by atoms with Gasteiger partial charge < -0.3 is 25.0 Å². The molecule has 110 valence electrons. The zero-order valence-electron chi connectivity index (χ0n) is 11.3. The predicted octanol–water partition coefficient (Wildman–Crippen LogP) is 0.130. The highest BCUT2D eigenvalue weighted by Crippen LogP contribution is 2.17. The lowest BCUT2D eigenvalue weighted by Crippen LogP contribution is -2.40. The molecule has 0 aliphatic rings. The normalized spacial score (nSPS) is 11.8. The molecule has 1 aromatic carbocycles. The van der Waals surface area contributed by atoms with Crippen molar-refractivity contribution in [3.8, 4) is 5.75 Å². The molecule has 7 nitrogen and oxygen atoms in total. The number of aliphatic hydroxyl groups is 1. The third-order valence-electron chi connectivity index (χ3n) is 2.57. The summed E-state index contributed by atoms with van der Waals surface area (Å²) in [7, 11) is 2.83. The van der Waals surface area contributed by atoms with Crippen molar-refractivity contribution < 1.29 is 29.3 Å². The van der Waals surface area contributed by atoms with Crippen molar-refractivity contribution >= 4 is 11.9 Å². The van der Waals surface area contributed by atoms with E-state index in [1.165, 1.54) is 32.4 Å². The molecule has 0 heterocycles. The maximum Gasteiger partial charge on any atom is 0.335 e. The number of benzene rings is 1. The van der Waals surface area contributed by atoms with Crippen LogP contribution in [0.25, 0.3) is 0 Å². The Morgan fingerprint density at radius 2 is 1.90 bits per heavy atom. The lowest BCUT2D eigenvalue weighted by molar-refractivity contribution is 0.0696. The van der Waals surface area contributed by atoms with Gasteiger partial charge in [0.05, 0.1) is 31.9 Å². The van der Waals surface area contributed by atoms with E-state index < -0.39 is 17.9 Å². The minimum Gasteiger partial charge on any atom is -0.497 e. The Morgan fingerprint density at radius 1 is 1.25 bits per heavy atom. The first kappa shape index (κ1) is 15.9. The average Bonchev–Trinajstić information content (AvgIpc) is 2.45. The fourth-order valence-electron chi connectivity index (χ4n) is 1.58. The second-order valence-corrected chi connectivity index (χ2v) is 4.06. The van der Waals surface area contributed by atoms with Crippen LogP contribution in [0.15, 0.2) is 18.2 Å². The molecule has 1 atom stereocenters. The van der Waals surface area contributed by atoms with Crippen LogP contribution in [-0.4, -0.2) is 55.6 Å². The summed E-state index contributed by atoms with van der Waals surface area (Å²) >= 11 is 0. The second kappa shape index (κ2) is 7.46. The number of methoxy groups -OCH3 is 2. The minimum atomic E-state index is -1.16. The van der Waals surface area contributed by atoms with Crippen LogP contribution in [-0.2, 0) is 4.74 Å². The van der Waals surface area contributed by atoms with Crippen LogP contribution in [0.2, 0.25) is 0 Å². The van der Waals surface area contributed by atoms with Gasteiger partial charge in [0.2, 0.25) is 0 Å². The summed E-state index contributed by atoms with van der Waals surface area (Å²) in [4.78, 5) is 23.0. The molecule has 3 N–H and O–H groups in total. The van der Waals surface area contributed by atoms with Gasteiger partial charge in [-0.2, -0.15) is 0 Å². The number of carboxylic acids is 1. The third-order valence-corrected chi connectivity index (χ3v) is 2.57. The molecule has 0 fully saturated rings. The first-order valence-electron chi connectivity index (χ1n) is 5.84. The van der Waals surface area contributed by atoms with Crippen molar-refractivity contribution in [3.63, 3.8) is 0 Å². The summed E-state index contributed by atoms with van der Waals surface area (Å²) in [6, 6.07) is 3.41. The van der Waals surface area contributed by atoms with Gasteiger partial charge >= 0.3 is 5.97 Å². The summed E-state index contributed by atoms with van der Waals surface area (Å²) < 4.78 is 9.80. The number of hydrogen-bond acceptors (Lipinski definition) is 5. The molecule has 0 aromatic heterocycles. The molecule has 0 saturated heterocycles. The molecule has 1 aromatic rings. The van der Waals surface area contributed by atoms with E-state index in [9.17, 15) is 9.59 Å². The molecule has 1 amide bonds. The monoisotopic (exact) mass is 283 g/mol. The van der Waals surface area contributed by atoms with E-state index in [1.54, 1.807) is 0 Å². The summed E-state index contributed by atoms with van der Waals surface area (Å²) in [6.07, 6.45) is 0. The van der Waals surface area contributed by atoms with E-state index >= 15 is 0 Å². The van der Waals surface area contributed by atoms with Crippen LogP contribution in [0.3, 0.4) is 0 Å². The van der Waals surface area contributed by atoms with Crippen molar-refractivity contribution in [1.29, 1.82) is 0 Å². The van der Waals surface area contributed by atoms with Crippen LogP contribution in [0.4, 0.5) is 0 Å². The van der Waals surface area contributed by atoms with E-state index in [-0.39, 0.29) is 30.1 Å². The van der Waals surface area contributed by atoms with Crippen LogP contribution in [0.1, 0.15) is 20.7 Å². The Balaban J connectivity index is 2.96. The van der Waals surface area contributed by atoms with Crippen LogP contribution >= 0.6 is 0 Å². The molecule has 7 heteroatoms. The predicted molar refractivity (Wildman–Crippen MR) is 70.2 cm³/mol. The molecular formula is C13H17NO6. The van der Waals surface area contributed by atoms with E-state index in [1.807, 2.05) is 0 Å². The van der Waals surface area contributed by atoms with Gasteiger partial charge in [0, 0.05) is 12.7 Å². The minimum absolute atomic E-state index is 0.0539. The van der Waals surface area contributed by atoms with E-state index in [2.05, 4.69) is 5.32 Å². The smallest absolute Gasteiger partial charge is 0.335 e. The molecule has 0 saturated carbocycles. The first-order valence-corrected chi connectivity index (χ1v) is 5.84. The lowest BCUT2D eigenvalue weighted by atomic mass is 10.1. The van der Waals surface area contributed by atoms with Gasteiger partial charge in [0.15, 0.2) is 0 Å². The molecule has 20 heavy (non-hydrogen) atoms. The second-order valence-electron chi connectivity index (χ2n) is 4.06. The average molecular weight is 283 g/mol. The van der Waals surface area contributed by atoms with E-state index in [4.69, 9.17) is 19.7 Å². The lowest BCUT2D eigenvalue weighted by Gasteiger charge is -2.15. The highest BCUT2D eigenvalue weighted by Gasteiger charge is 2.16. The van der Waals surface area contributed by atoms with Gasteiger partial charge in [-0.05, 0) is 18.2 Å². The molecule has 1 unspecified atom stereocenters. The zero-order chi connectivity index (χ0) is 15.1. The van der Waals surface area contributed by atoms with Gasteiger partial charge in [-0.15, -0.1) is 0 Å². The SMILES string of the molecule is COCC(CO)NC(=O)c1cc(OC)cc(C(=O)O)c1. The number of aliphatic hydroxyl groups excluding tert-OH is 1. The summed E-state index contributed by atoms with van der Waals surface area (Å²) in [5.41, 5.74) is 0.0816. The van der Waals surface area contributed by atoms with Crippen molar-refractivity contribution in [2.45, 2.75) is 6.04 Å². The molecular weight excluding hydrogens is 266 g/mol. The number of amides is 1. The van der Waals surface area contributed by atoms with Crippen LogP contribution < -0.4 is 10.1 Å². The summed E-state index contributed by atoms with van der Waals surface area (Å²) in [6.45, 7) is -0.132. The third kappa shape index (κ3) is 4.22. The fraction of sp³-hybridized carbons (Fsp3) is 0.385. The number of hydrogen-bond donors (Lipinski definition) is 3. The number of ether oxygens (including phenoxy) is 2. The molecule has 0 spiro atoms. The summed E-state index contributed by atoms with van der Waals surface area (Å²) in [5.74, 6) is -1.40. The van der Waals surface area contributed by atoms with Crippen LogP contribution in [0, 0.1) is 0 Å². The van der Waals surface area contributed by atoms with Crippen molar-refractivity contribution in [2.24, 2.45) is 0 Å². The molecule has 0 aliphatic carbocycles. The van der Waals surface area contributed by atoms with Crippen molar-refractivity contribution in [1.82, 2.24) is 5.32 Å². The Morgan fingerprint density at radius 3 is 2.40 bits per heavy atom. The van der Waals surface area contributed by atoms with E-state index in [0.717, 1.165) is 0 Å². The summed E-state index contributed by atoms with van der Waals surface area (Å²) in [5, 5.41) is 20.6. The standard InChI is InChI=1S/C13H17NO6/c1-19-7-10(6-15)14-12(16)8-3-9(13(17)18)5-11(4-8)20-2/h3-5,10,15H,6-7H2,1-2H3,(H,14,16)(H,17,18). The Kier molecular flexibility index (Phi) is 5.95. The van der Waals surface area contributed by atoms with Gasteiger partial charge in [0.1, 0.15) is 5.75 Å². The maximum atomic E-state index is 12.0.